The minimum Gasteiger partial charge on any atom is -0.381 e. The lowest BCUT2D eigenvalue weighted by Gasteiger charge is -2.24. The Kier molecular flexibility index (Phi) is 1.48. The van der Waals surface area contributed by atoms with Crippen LogP contribution < -0.4 is 0 Å². The van der Waals surface area contributed by atoms with Crippen LogP contribution in [0.5, 0.6) is 0 Å². The fourth-order valence-electron chi connectivity index (χ4n) is 2.80. The lowest BCUT2D eigenvalue weighted by molar-refractivity contribution is 0.0472. The summed E-state index contributed by atoms with van der Waals surface area (Å²) in [6, 6.07) is 0. The van der Waals surface area contributed by atoms with Gasteiger partial charge in [0, 0.05) is 7.11 Å². The molecule has 1 nitrogen and oxygen atoms in total. The van der Waals surface area contributed by atoms with E-state index in [9.17, 15) is 0 Å². The van der Waals surface area contributed by atoms with E-state index in [0.29, 0.717) is 6.10 Å². The monoisotopic (exact) mass is 140 g/mol. The number of ether oxygens (including phenoxy) is 1. The maximum atomic E-state index is 5.39. The van der Waals surface area contributed by atoms with Gasteiger partial charge in [0.15, 0.2) is 0 Å². The van der Waals surface area contributed by atoms with Crippen molar-refractivity contribution >= 4 is 0 Å². The Balaban J connectivity index is 2.02. The molecule has 58 valence electrons. The molecule has 0 aromatic rings. The lowest BCUT2D eigenvalue weighted by Crippen LogP contribution is -2.22. The Hall–Kier alpha value is -0.0400. The van der Waals surface area contributed by atoms with Crippen LogP contribution in [0, 0.1) is 17.8 Å². The molecule has 0 spiro atoms. The van der Waals surface area contributed by atoms with Crippen LogP contribution in [-0.2, 0) is 4.74 Å². The summed E-state index contributed by atoms with van der Waals surface area (Å²) in [5.74, 6) is 2.89. The molecule has 2 saturated carbocycles. The molecule has 0 aromatic carbocycles. The number of hydrogen-bond donors (Lipinski definition) is 0. The summed E-state index contributed by atoms with van der Waals surface area (Å²) in [5.41, 5.74) is 0. The molecule has 2 aliphatic carbocycles. The molecule has 0 aromatic heterocycles. The highest BCUT2D eigenvalue weighted by atomic mass is 16.5. The maximum absolute atomic E-state index is 5.39. The van der Waals surface area contributed by atoms with Gasteiger partial charge in [-0.1, -0.05) is 6.92 Å². The second kappa shape index (κ2) is 2.23. The van der Waals surface area contributed by atoms with E-state index in [-0.39, 0.29) is 0 Å². The zero-order chi connectivity index (χ0) is 7.14. The smallest absolute Gasteiger partial charge is 0.0602 e. The summed E-state index contributed by atoms with van der Waals surface area (Å²) in [4.78, 5) is 0. The molecule has 0 amide bonds. The highest BCUT2D eigenvalue weighted by Gasteiger charge is 2.43. The Morgan fingerprint density at radius 1 is 1.10 bits per heavy atom. The van der Waals surface area contributed by atoms with Gasteiger partial charge < -0.3 is 4.74 Å². The first-order valence-corrected chi connectivity index (χ1v) is 4.34. The zero-order valence-corrected chi connectivity index (χ0v) is 6.84. The van der Waals surface area contributed by atoms with Crippen LogP contribution in [0.2, 0.25) is 0 Å². The van der Waals surface area contributed by atoms with Gasteiger partial charge in [-0.05, 0) is 37.0 Å². The standard InChI is InChI=1S/C9H16O/c1-6-3-8-4-7(6)5-9(8)10-2/h6-9H,3-5H2,1-2H3. The predicted molar refractivity (Wildman–Crippen MR) is 40.8 cm³/mol. The number of rotatable bonds is 1. The average Bonchev–Trinajstić information content (AvgIpc) is 2.44. The average molecular weight is 140 g/mol. The summed E-state index contributed by atoms with van der Waals surface area (Å²) >= 11 is 0. The van der Waals surface area contributed by atoms with Crippen molar-refractivity contribution in [2.45, 2.75) is 32.3 Å². The van der Waals surface area contributed by atoms with Crippen LogP contribution in [0.25, 0.3) is 0 Å². The summed E-state index contributed by atoms with van der Waals surface area (Å²) in [6.45, 7) is 2.39. The van der Waals surface area contributed by atoms with E-state index in [1.807, 2.05) is 7.11 Å². The molecule has 2 rings (SSSR count). The van der Waals surface area contributed by atoms with Crippen molar-refractivity contribution in [1.29, 1.82) is 0 Å². The van der Waals surface area contributed by atoms with Gasteiger partial charge in [-0.25, -0.2) is 0 Å². The number of hydrogen-bond acceptors (Lipinski definition) is 1. The highest BCUT2D eigenvalue weighted by Crippen LogP contribution is 2.49. The molecule has 1 heteroatoms. The van der Waals surface area contributed by atoms with Crippen molar-refractivity contribution in [2.75, 3.05) is 7.11 Å². The van der Waals surface area contributed by atoms with E-state index in [0.717, 1.165) is 17.8 Å². The van der Waals surface area contributed by atoms with Gasteiger partial charge in [0.2, 0.25) is 0 Å². The molecule has 4 atom stereocenters. The zero-order valence-electron chi connectivity index (χ0n) is 6.84. The molecule has 0 saturated heterocycles. The van der Waals surface area contributed by atoms with Crippen LogP contribution in [-0.4, -0.2) is 13.2 Å². The molecular weight excluding hydrogens is 124 g/mol. The van der Waals surface area contributed by atoms with Crippen molar-refractivity contribution in [3.05, 3.63) is 0 Å². The topological polar surface area (TPSA) is 9.23 Å². The molecule has 2 fully saturated rings. The fraction of sp³-hybridized carbons (Fsp3) is 1.00. The van der Waals surface area contributed by atoms with Crippen LogP contribution in [0.4, 0.5) is 0 Å². The van der Waals surface area contributed by atoms with E-state index < -0.39 is 0 Å². The Morgan fingerprint density at radius 3 is 2.30 bits per heavy atom. The predicted octanol–water partition coefficient (Wildman–Crippen LogP) is 2.07. The molecule has 4 unspecified atom stereocenters. The molecular formula is C9H16O. The number of fused-ring (bicyclic) bond motifs is 2. The Morgan fingerprint density at radius 2 is 1.90 bits per heavy atom. The van der Waals surface area contributed by atoms with Gasteiger partial charge in [0.05, 0.1) is 6.10 Å². The molecule has 0 N–H and O–H groups in total. The van der Waals surface area contributed by atoms with Gasteiger partial charge in [0.1, 0.15) is 0 Å². The first-order chi connectivity index (χ1) is 4.81. The second-order valence-corrected chi connectivity index (χ2v) is 3.98. The van der Waals surface area contributed by atoms with Gasteiger partial charge in [0.25, 0.3) is 0 Å². The van der Waals surface area contributed by atoms with Crippen molar-refractivity contribution < 1.29 is 4.74 Å². The van der Waals surface area contributed by atoms with E-state index in [4.69, 9.17) is 4.74 Å². The largest absolute Gasteiger partial charge is 0.381 e. The first-order valence-electron chi connectivity index (χ1n) is 4.34. The van der Waals surface area contributed by atoms with E-state index in [1.54, 1.807) is 0 Å². The molecule has 10 heavy (non-hydrogen) atoms. The third-order valence-corrected chi connectivity index (χ3v) is 3.45. The molecule has 0 heterocycles. The van der Waals surface area contributed by atoms with E-state index >= 15 is 0 Å². The molecule has 2 aliphatic rings. The minimum absolute atomic E-state index is 0.612. The van der Waals surface area contributed by atoms with Gasteiger partial charge in [-0.3, -0.25) is 0 Å². The molecule has 2 bridgehead atoms. The van der Waals surface area contributed by atoms with Crippen molar-refractivity contribution in [3.63, 3.8) is 0 Å². The van der Waals surface area contributed by atoms with Crippen LogP contribution in [0.1, 0.15) is 26.2 Å². The normalized spacial score (nSPS) is 52.2. The summed E-state index contributed by atoms with van der Waals surface area (Å²) in [6.07, 6.45) is 4.81. The quantitative estimate of drug-likeness (QED) is 0.541. The summed E-state index contributed by atoms with van der Waals surface area (Å²) in [5, 5.41) is 0. The van der Waals surface area contributed by atoms with Crippen molar-refractivity contribution in [3.8, 4) is 0 Å². The van der Waals surface area contributed by atoms with E-state index in [1.165, 1.54) is 19.3 Å². The summed E-state index contributed by atoms with van der Waals surface area (Å²) in [7, 11) is 1.86. The van der Waals surface area contributed by atoms with Crippen molar-refractivity contribution in [1.82, 2.24) is 0 Å². The third-order valence-electron chi connectivity index (χ3n) is 3.45. The minimum atomic E-state index is 0.612. The Bertz CT molecular complexity index is 131. The van der Waals surface area contributed by atoms with E-state index in [2.05, 4.69) is 6.92 Å². The van der Waals surface area contributed by atoms with Crippen LogP contribution >= 0.6 is 0 Å². The third kappa shape index (κ3) is 0.800. The van der Waals surface area contributed by atoms with Crippen molar-refractivity contribution in [2.24, 2.45) is 17.8 Å². The maximum Gasteiger partial charge on any atom is 0.0602 e. The van der Waals surface area contributed by atoms with Crippen LogP contribution in [0.3, 0.4) is 0 Å². The first kappa shape index (κ1) is 6.66. The van der Waals surface area contributed by atoms with Gasteiger partial charge in [-0.15, -0.1) is 0 Å². The highest BCUT2D eigenvalue weighted by molar-refractivity contribution is 4.94. The van der Waals surface area contributed by atoms with Gasteiger partial charge >= 0.3 is 0 Å². The fourth-order valence-corrected chi connectivity index (χ4v) is 2.80. The van der Waals surface area contributed by atoms with Gasteiger partial charge in [-0.2, -0.15) is 0 Å². The SMILES string of the molecule is COC1CC2CC1CC2C. The number of methoxy groups -OCH3 is 1. The molecule has 0 radical (unpaired) electrons. The Labute approximate surface area is 62.8 Å². The summed E-state index contributed by atoms with van der Waals surface area (Å²) < 4.78 is 5.39. The molecule has 0 aliphatic heterocycles. The van der Waals surface area contributed by atoms with Crippen LogP contribution in [0.15, 0.2) is 0 Å². The lowest BCUT2D eigenvalue weighted by atomic mass is 9.89. The second-order valence-electron chi connectivity index (χ2n) is 3.98.